The van der Waals surface area contributed by atoms with E-state index < -0.39 is 0 Å². The fourth-order valence-electron chi connectivity index (χ4n) is 3.40. The zero-order chi connectivity index (χ0) is 19.2. The minimum atomic E-state index is -0.138. The van der Waals surface area contributed by atoms with Crippen LogP contribution in [-0.2, 0) is 11.3 Å². The molecule has 1 heterocycles. The molecule has 3 rings (SSSR count). The Morgan fingerprint density at radius 2 is 1.78 bits per heavy atom. The Bertz CT molecular complexity index is 801. The summed E-state index contributed by atoms with van der Waals surface area (Å²) in [5, 5.41) is 2.74. The van der Waals surface area contributed by atoms with Crippen LogP contribution in [0.2, 0.25) is 0 Å². The number of carbonyl (C=O) groups excluding carboxylic acids is 2. The summed E-state index contributed by atoms with van der Waals surface area (Å²) in [6.45, 7) is 7.81. The molecule has 27 heavy (non-hydrogen) atoms. The van der Waals surface area contributed by atoms with Gasteiger partial charge in [-0.2, -0.15) is 0 Å². The summed E-state index contributed by atoms with van der Waals surface area (Å²) < 4.78 is 0. The normalized spacial score (nSPS) is 15.3. The summed E-state index contributed by atoms with van der Waals surface area (Å²) in [4.78, 5) is 28.4. The van der Waals surface area contributed by atoms with Crippen LogP contribution >= 0.6 is 0 Å². The van der Waals surface area contributed by atoms with Crippen LogP contribution in [-0.4, -0.2) is 47.8 Å². The highest BCUT2D eigenvalue weighted by Gasteiger charge is 2.20. The van der Waals surface area contributed by atoms with Crippen molar-refractivity contribution >= 4 is 17.5 Å². The molecule has 0 unspecified atom stereocenters. The van der Waals surface area contributed by atoms with Gasteiger partial charge in [0.25, 0.3) is 5.91 Å². The summed E-state index contributed by atoms with van der Waals surface area (Å²) in [6.07, 6.45) is 0.961. The summed E-state index contributed by atoms with van der Waals surface area (Å²) in [5.74, 6) is -0.111. The van der Waals surface area contributed by atoms with Crippen LogP contribution in [0.15, 0.2) is 48.5 Å². The van der Waals surface area contributed by atoms with Gasteiger partial charge in [-0.15, -0.1) is 0 Å². The van der Waals surface area contributed by atoms with Gasteiger partial charge in [0.1, 0.15) is 0 Å². The van der Waals surface area contributed by atoms with Crippen LogP contribution in [0.1, 0.15) is 34.8 Å². The predicted octanol–water partition coefficient (Wildman–Crippen LogP) is 3.30. The van der Waals surface area contributed by atoms with Gasteiger partial charge in [0, 0.05) is 50.9 Å². The van der Waals surface area contributed by atoms with E-state index in [-0.39, 0.29) is 11.8 Å². The molecule has 0 saturated carbocycles. The van der Waals surface area contributed by atoms with Crippen molar-refractivity contribution in [3.63, 3.8) is 0 Å². The van der Waals surface area contributed by atoms with E-state index in [4.69, 9.17) is 0 Å². The van der Waals surface area contributed by atoms with Crippen molar-refractivity contribution in [2.24, 2.45) is 0 Å². The summed E-state index contributed by atoms with van der Waals surface area (Å²) in [7, 11) is 0. The maximum Gasteiger partial charge on any atom is 0.253 e. The molecule has 2 amide bonds. The highest BCUT2D eigenvalue weighted by atomic mass is 16.2. The maximum atomic E-state index is 12.9. The second-order valence-corrected chi connectivity index (χ2v) is 7.17. The third kappa shape index (κ3) is 5.41. The number of rotatable bonds is 4. The van der Waals surface area contributed by atoms with Crippen LogP contribution in [0.5, 0.6) is 0 Å². The molecule has 1 N–H and O–H groups in total. The number of nitrogens with one attached hydrogen (secondary N) is 1. The number of nitrogens with zero attached hydrogens (tertiary/aromatic N) is 2. The maximum absolute atomic E-state index is 12.9. The molecule has 2 aromatic carbocycles. The lowest BCUT2D eigenvalue weighted by Crippen LogP contribution is -2.35. The lowest BCUT2D eigenvalue weighted by atomic mass is 10.1. The van der Waals surface area contributed by atoms with Crippen molar-refractivity contribution in [1.29, 1.82) is 0 Å². The minimum Gasteiger partial charge on any atom is -0.337 e. The number of carbonyl (C=O) groups is 2. The molecule has 5 nitrogen and oxygen atoms in total. The number of aryl methyl sites for hydroxylation is 1. The summed E-state index contributed by atoms with van der Waals surface area (Å²) in [5.41, 5.74) is 3.86. The Hall–Kier alpha value is -2.66. The van der Waals surface area contributed by atoms with Crippen molar-refractivity contribution in [3.05, 3.63) is 65.2 Å². The monoisotopic (exact) mass is 365 g/mol. The Labute approximate surface area is 161 Å². The molecule has 142 valence electrons. The van der Waals surface area contributed by atoms with Gasteiger partial charge in [-0.3, -0.25) is 14.5 Å². The molecule has 0 bridgehead atoms. The molecule has 1 fully saturated rings. The van der Waals surface area contributed by atoms with Gasteiger partial charge in [0.05, 0.1) is 0 Å². The molecule has 0 radical (unpaired) electrons. The number of amides is 2. The zero-order valence-corrected chi connectivity index (χ0v) is 16.1. The second-order valence-electron chi connectivity index (χ2n) is 7.17. The molecule has 0 aromatic heterocycles. The Kier molecular flexibility index (Phi) is 6.24. The van der Waals surface area contributed by atoms with E-state index in [1.54, 1.807) is 18.2 Å². The third-order valence-electron chi connectivity index (χ3n) is 4.83. The molecule has 5 heteroatoms. The van der Waals surface area contributed by atoms with Gasteiger partial charge in [-0.1, -0.05) is 35.9 Å². The standard InChI is InChI=1S/C22H27N3O2/c1-17-7-9-19(10-8-17)16-24-11-4-12-25(14-13-24)22(27)20-5-3-6-21(15-20)23-18(2)26/h3,5-10,15H,4,11-14,16H2,1-2H3,(H,23,26). The zero-order valence-electron chi connectivity index (χ0n) is 16.1. The molecule has 0 aliphatic carbocycles. The molecule has 1 saturated heterocycles. The highest BCUT2D eigenvalue weighted by molar-refractivity contribution is 5.96. The Morgan fingerprint density at radius 1 is 1.00 bits per heavy atom. The first-order valence-corrected chi connectivity index (χ1v) is 9.46. The predicted molar refractivity (Wildman–Crippen MR) is 108 cm³/mol. The van der Waals surface area contributed by atoms with Crippen LogP contribution in [0.3, 0.4) is 0 Å². The quantitative estimate of drug-likeness (QED) is 0.904. The minimum absolute atomic E-state index is 0.0272. The van der Waals surface area contributed by atoms with Crippen molar-refractivity contribution in [2.75, 3.05) is 31.5 Å². The molecular formula is C22H27N3O2. The Morgan fingerprint density at radius 3 is 2.52 bits per heavy atom. The topological polar surface area (TPSA) is 52.7 Å². The van der Waals surface area contributed by atoms with Gasteiger partial charge >= 0.3 is 0 Å². The van der Waals surface area contributed by atoms with Crippen molar-refractivity contribution in [2.45, 2.75) is 26.8 Å². The van der Waals surface area contributed by atoms with Crippen molar-refractivity contribution < 1.29 is 9.59 Å². The van der Waals surface area contributed by atoms with E-state index in [1.807, 2.05) is 11.0 Å². The third-order valence-corrected chi connectivity index (χ3v) is 4.83. The number of hydrogen-bond acceptors (Lipinski definition) is 3. The Balaban J connectivity index is 1.61. The SMILES string of the molecule is CC(=O)Nc1cccc(C(=O)N2CCCN(Cc3ccc(C)cc3)CC2)c1. The average molecular weight is 365 g/mol. The van der Waals surface area contributed by atoms with Crippen molar-refractivity contribution in [1.82, 2.24) is 9.80 Å². The smallest absolute Gasteiger partial charge is 0.253 e. The molecule has 2 aromatic rings. The molecule has 0 atom stereocenters. The lowest BCUT2D eigenvalue weighted by molar-refractivity contribution is -0.114. The van der Waals surface area contributed by atoms with Gasteiger partial charge in [0.15, 0.2) is 0 Å². The van der Waals surface area contributed by atoms with Gasteiger partial charge in [-0.25, -0.2) is 0 Å². The molecular weight excluding hydrogens is 338 g/mol. The lowest BCUT2D eigenvalue weighted by Gasteiger charge is -2.22. The second kappa shape index (κ2) is 8.82. The van der Waals surface area contributed by atoms with Crippen molar-refractivity contribution in [3.8, 4) is 0 Å². The highest BCUT2D eigenvalue weighted by Crippen LogP contribution is 2.15. The van der Waals surface area contributed by atoms with Crippen LogP contribution < -0.4 is 5.32 Å². The van der Waals surface area contributed by atoms with Gasteiger partial charge in [0.2, 0.25) is 5.91 Å². The first-order chi connectivity index (χ1) is 13.0. The van der Waals surface area contributed by atoms with E-state index in [0.29, 0.717) is 11.3 Å². The van der Waals surface area contributed by atoms with E-state index in [1.165, 1.54) is 18.1 Å². The number of anilines is 1. The largest absolute Gasteiger partial charge is 0.337 e. The fraction of sp³-hybridized carbons (Fsp3) is 0.364. The fourth-order valence-corrected chi connectivity index (χ4v) is 3.40. The van der Waals surface area contributed by atoms with Gasteiger partial charge in [-0.05, 0) is 37.1 Å². The first-order valence-electron chi connectivity index (χ1n) is 9.46. The van der Waals surface area contributed by atoms with E-state index >= 15 is 0 Å². The number of hydrogen-bond donors (Lipinski definition) is 1. The average Bonchev–Trinajstić information content (AvgIpc) is 2.88. The van der Waals surface area contributed by atoms with E-state index in [2.05, 4.69) is 41.4 Å². The summed E-state index contributed by atoms with van der Waals surface area (Å²) >= 11 is 0. The van der Waals surface area contributed by atoms with E-state index in [9.17, 15) is 9.59 Å². The van der Waals surface area contributed by atoms with Gasteiger partial charge < -0.3 is 10.2 Å². The van der Waals surface area contributed by atoms with Crippen LogP contribution in [0.25, 0.3) is 0 Å². The van der Waals surface area contributed by atoms with Crippen LogP contribution in [0.4, 0.5) is 5.69 Å². The summed E-state index contributed by atoms with van der Waals surface area (Å²) in [6, 6.07) is 15.8. The molecule has 0 spiro atoms. The first kappa shape index (κ1) is 19.1. The molecule has 1 aliphatic rings. The molecule has 1 aliphatic heterocycles. The number of benzene rings is 2. The van der Waals surface area contributed by atoms with E-state index in [0.717, 1.165) is 39.1 Å². The van der Waals surface area contributed by atoms with Crippen LogP contribution in [0, 0.1) is 6.92 Å².